The molecule has 0 amide bonds. The monoisotopic (exact) mass is 215 g/mol. The van der Waals surface area contributed by atoms with Gasteiger partial charge in [-0.05, 0) is 25.3 Å². The number of hydrogen-bond donors (Lipinski definition) is 2. The van der Waals surface area contributed by atoms with E-state index in [-0.39, 0.29) is 5.92 Å². The summed E-state index contributed by atoms with van der Waals surface area (Å²) in [5.41, 5.74) is 5.42. The molecule has 0 radical (unpaired) electrons. The highest BCUT2D eigenvalue weighted by molar-refractivity contribution is 5.69. The van der Waals surface area contributed by atoms with Crippen LogP contribution in [-0.2, 0) is 4.79 Å². The minimum absolute atomic E-state index is 0.239. The molecule has 90 valence electrons. The molecule has 0 spiro atoms. The highest BCUT2D eigenvalue weighted by atomic mass is 16.4. The predicted molar refractivity (Wildman–Crippen MR) is 62.7 cm³/mol. The van der Waals surface area contributed by atoms with Crippen LogP contribution in [0.25, 0.3) is 0 Å². The molecule has 0 aromatic rings. The van der Waals surface area contributed by atoms with E-state index in [1.165, 1.54) is 12.8 Å². The Morgan fingerprint density at radius 1 is 1.33 bits per heavy atom. The summed E-state index contributed by atoms with van der Waals surface area (Å²) in [4.78, 5) is 11.0. The lowest BCUT2D eigenvalue weighted by Gasteiger charge is -2.19. The van der Waals surface area contributed by atoms with Crippen molar-refractivity contribution < 1.29 is 9.90 Å². The smallest absolute Gasteiger partial charge is 0.306 e. The summed E-state index contributed by atoms with van der Waals surface area (Å²) in [6, 6.07) is 0. The zero-order valence-corrected chi connectivity index (χ0v) is 10.0. The molecule has 2 atom stereocenters. The maximum atomic E-state index is 11.0. The normalized spacial score (nSPS) is 14.9. The van der Waals surface area contributed by atoms with Crippen LogP contribution in [0.4, 0.5) is 0 Å². The van der Waals surface area contributed by atoms with Gasteiger partial charge in [0, 0.05) is 0 Å². The van der Waals surface area contributed by atoms with Crippen molar-refractivity contribution in [1.82, 2.24) is 0 Å². The summed E-state index contributed by atoms with van der Waals surface area (Å²) in [6.45, 7) is 4.78. The molecular weight excluding hydrogens is 190 g/mol. The largest absolute Gasteiger partial charge is 0.481 e. The molecular formula is C12H25NO2. The predicted octanol–water partition coefficient (Wildman–Crippen LogP) is 2.64. The van der Waals surface area contributed by atoms with Crippen molar-refractivity contribution in [3.05, 3.63) is 0 Å². The first-order chi connectivity index (χ1) is 7.15. The van der Waals surface area contributed by atoms with Gasteiger partial charge in [0.2, 0.25) is 0 Å². The lowest BCUT2D eigenvalue weighted by Crippen LogP contribution is -2.21. The number of carboxylic acids is 1. The first-order valence-electron chi connectivity index (χ1n) is 6.08. The molecule has 3 N–H and O–H groups in total. The van der Waals surface area contributed by atoms with Gasteiger partial charge < -0.3 is 10.8 Å². The molecule has 0 heterocycles. The third-order valence-corrected chi connectivity index (χ3v) is 3.03. The molecule has 3 heteroatoms. The molecule has 15 heavy (non-hydrogen) atoms. The summed E-state index contributed by atoms with van der Waals surface area (Å²) < 4.78 is 0. The van der Waals surface area contributed by atoms with Crippen molar-refractivity contribution in [1.29, 1.82) is 0 Å². The Balaban J connectivity index is 4.03. The quantitative estimate of drug-likeness (QED) is 0.621. The number of nitrogens with two attached hydrogens (primary N) is 1. The van der Waals surface area contributed by atoms with E-state index in [1.807, 2.05) is 0 Å². The van der Waals surface area contributed by atoms with Gasteiger partial charge in [0.1, 0.15) is 0 Å². The number of carboxylic acid groups (broad SMARTS) is 1. The maximum absolute atomic E-state index is 11.0. The van der Waals surface area contributed by atoms with Gasteiger partial charge in [-0.25, -0.2) is 0 Å². The topological polar surface area (TPSA) is 63.3 Å². The molecule has 0 saturated heterocycles. The molecule has 0 aromatic carbocycles. The Labute approximate surface area is 93.0 Å². The molecule has 0 saturated carbocycles. The molecule has 0 aromatic heterocycles. The average molecular weight is 215 g/mol. The van der Waals surface area contributed by atoms with Crippen LogP contribution in [0.15, 0.2) is 0 Å². The van der Waals surface area contributed by atoms with Crippen LogP contribution in [-0.4, -0.2) is 17.6 Å². The highest BCUT2D eigenvalue weighted by Crippen LogP contribution is 2.23. The van der Waals surface area contributed by atoms with E-state index < -0.39 is 5.97 Å². The Kier molecular flexibility index (Phi) is 8.38. The van der Waals surface area contributed by atoms with Gasteiger partial charge in [0.05, 0.1) is 5.92 Å². The molecule has 0 bridgehead atoms. The van der Waals surface area contributed by atoms with Crippen LogP contribution in [0.2, 0.25) is 0 Å². The maximum Gasteiger partial charge on any atom is 0.306 e. The molecule has 0 aliphatic carbocycles. The van der Waals surface area contributed by atoms with E-state index in [2.05, 4.69) is 13.8 Å². The van der Waals surface area contributed by atoms with Gasteiger partial charge in [-0.1, -0.05) is 39.5 Å². The van der Waals surface area contributed by atoms with Gasteiger partial charge in [0.25, 0.3) is 0 Å². The Morgan fingerprint density at radius 3 is 2.40 bits per heavy atom. The fourth-order valence-corrected chi connectivity index (χ4v) is 1.93. The van der Waals surface area contributed by atoms with E-state index in [9.17, 15) is 4.79 Å². The lowest BCUT2D eigenvalue weighted by molar-refractivity contribution is -0.142. The van der Waals surface area contributed by atoms with Crippen molar-refractivity contribution >= 4 is 5.97 Å². The second kappa shape index (κ2) is 8.72. The van der Waals surface area contributed by atoms with Crippen molar-refractivity contribution in [3.8, 4) is 0 Å². The van der Waals surface area contributed by atoms with Crippen LogP contribution < -0.4 is 5.73 Å². The van der Waals surface area contributed by atoms with Crippen LogP contribution >= 0.6 is 0 Å². The summed E-state index contributed by atoms with van der Waals surface area (Å²) >= 11 is 0. The van der Waals surface area contributed by atoms with Crippen LogP contribution in [0, 0.1) is 11.8 Å². The molecule has 0 aliphatic rings. The zero-order valence-electron chi connectivity index (χ0n) is 10.0. The third kappa shape index (κ3) is 6.50. The van der Waals surface area contributed by atoms with Gasteiger partial charge in [-0.2, -0.15) is 0 Å². The van der Waals surface area contributed by atoms with Crippen LogP contribution in [0.1, 0.15) is 52.4 Å². The second-order valence-corrected chi connectivity index (χ2v) is 4.26. The Hall–Kier alpha value is -0.570. The molecule has 2 unspecified atom stereocenters. The number of unbranched alkanes of at least 4 members (excludes halogenated alkanes) is 1. The van der Waals surface area contributed by atoms with E-state index in [4.69, 9.17) is 10.8 Å². The van der Waals surface area contributed by atoms with E-state index in [0.717, 1.165) is 19.3 Å². The summed E-state index contributed by atoms with van der Waals surface area (Å²) in [5, 5.41) is 9.02. The highest BCUT2D eigenvalue weighted by Gasteiger charge is 2.20. The zero-order chi connectivity index (χ0) is 11.7. The third-order valence-electron chi connectivity index (χ3n) is 3.03. The fraction of sp³-hybridized carbons (Fsp3) is 0.917. The molecule has 0 fully saturated rings. The minimum Gasteiger partial charge on any atom is -0.481 e. The first-order valence-corrected chi connectivity index (χ1v) is 6.08. The van der Waals surface area contributed by atoms with Crippen LogP contribution in [0.5, 0.6) is 0 Å². The van der Waals surface area contributed by atoms with Crippen molar-refractivity contribution in [2.45, 2.75) is 52.4 Å². The van der Waals surface area contributed by atoms with Gasteiger partial charge >= 0.3 is 5.97 Å². The summed E-state index contributed by atoms with van der Waals surface area (Å²) in [5.74, 6) is -0.371. The van der Waals surface area contributed by atoms with Crippen molar-refractivity contribution in [2.24, 2.45) is 17.6 Å². The Bertz CT molecular complexity index is 171. The van der Waals surface area contributed by atoms with E-state index in [0.29, 0.717) is 18.9 Å². The van der Waals surface area contributed by atoms with Crippen molar-refractivity contribution in [3.63, 3.8) is 0 Å². The molecule has 0 aliphatic heterocycles. The lowest BCUT2D eigenvalue weighted by atomic mass is 9.87. The first kappa shape index (κ1) is 14.4. The average Bonchev–Trinajstić information content (AvgIpc) is 2.22. The minimum atomic E-state index is -0.685. The number of hydrogen-bond acceptors (Lipinski definition) is 2. The Morgan fingerprint density at radius 2 is 2.00 bits per heavy atom. The number of carbonyl (C=O) groups is 1. The van der Waals surface area contributed by atoms with Crippen LogP contribution in [0.3, 0.4) is 0 Å². The summed E-state index contributed by atoms with van der Waals surface area (Å²) in [7, 11) is 0. The molecule has 3 nitrogen and oxygen atoms in total. The number of rotatable bonds is 9. The van der Waals surface area contributed by atoms with Gasteiger partial charge in [-0.15, -0.1) is 0 Å². The summed E-state index contributed by atoms with van der Waals surface area (Å²) in [6.07, 6.45) is 6.02. The second-order valence-electron chi connectivity index (χ2n) is 4.26. The number of aliphatic carboxylic acids is 1. The van der Waals surface area contributed by atoms with Gasteiger partial charge in [-0.3, -0.25) is 4.79 Å². The van der Waals surface area contributed by atoms with E-state index >= 15 is 0 Å². The van der Waals surface area contributed by atoms with Gasteiger partial charge in [0.15, 0.2) is 0 Å². The van der Waals surface area contributed by atoms with E-state index in [1.54, 1.807) is 0 Å². The standard InChI is InChI=1S/C12H25NO2/c1-3-5-6-10(4-2)9-11(7-8-13)12(14)15/h10-11H,3-9,13H2,1-2H3,(H,14,15). The fourth-order valence-electron chi connectivity index (χ4n) is 1.93. The SMILES string of the molecule is CCCCC(CC)CC(CCN)C(=O)O. The molecule has 0 rings (SSSR count). The van der Waals surface area contributed by atoms with Crippen molar-refractivity contribution in [2.75, 3.05) is 6.54 Å².